The summed E-state index contributed by atoms with van der Waals surface area (Å²) in [5.74, 6) is 0.581. The van der Waals surface area contributed by atoms with Gasteiger partial charge in [0.1, 0.15) is 5.75 Å². The molecule has 0 saturated carbocycles. The van der Waals surface area contributed by atoms with Crippen molar-refractivity contribution in [2.24, 2.45) is 0 Å². The summed E-state index contributed by atoms with van der Waals surface area (Å²) in [6.45, 7) is 0.0123. The largest absolute Gasteiger partial charge is 0.484 e. The number of anilines is 1. The Kier molecular flexibility index (Phi) is 3.97. The van der Waals surface area contributed by atoms with Crippen LogP contribution in [0.3, 0.4) is 0 Å². The van der Waals surface area contributed by atoms with E-state index in [4.69, 9.17) is 4.74 Å². The predicted octanol–water partition coefficient (Wildman–Crippen LogP) is 3.04. The van der Waals surface area contributed by atoms with Crippen molar-refractivity contribution < 1.29 is 9.53 Å². The van der Waals surface area contributed by atoms with Crippen LogP contribution in [0, 0.1) is 0 Å². The van der Waals surface area contributed by atoms with Crippen LogP contribution in [0.25, 0.3) is 0 Å². The topological polar surface area (TPSA) is 51.2 Å². The van der Waals surface area contributed by atoms with Gasteiger partial charge in [-0.3, -0.25) is 10.1 Å². The molecule has 1 heterocycles. The molecule has 2 aromatic rings. The zero-order chi connectivity index (χ0) is 13.8. The maximum Gasteiger partial charge on any atom is 0.264 e. The number of hydrogen-bond donors (Lipinski definition) is 1. The van der Waals surface area contributed by atoms with Crippen molar-refractivity contribution in [2.45, 2.75) is 25.7 Å². The molecule has 20 heavy (non-hydrogen) atoms. The number of thiazole rings is 1. The van der Waals surface area contributed by atoms with E-state index < -0.39 is 0 Å². The summed E-state index contributed by atoms with van der Waals surface area (Å²) in [4.78, 5) is 15.7. The molecular weight excluding hydrogens is 272 g/mol. The van der Waals surface area contributed by atoms with Gasteiger partial charge in [-0.05, 0) is 48.9 Å². The minimum atomic E-state index is -0.183. The van der Waals surface area contributed by atoms with E-state index in [2.05, 4.69) is 22.4 Å². The summed E-state index contributed by atoms with van der Waals surface area (Å²) in [7, 11) is 0. The molecule has 1 amide bonds. The smallest absolute Gasteiger partial charge is 0.264 e. The molecule has 4 nitrogen and oxygen atoms in total. The van der Waals surface area contributed by atoms with E-state index in [9.17, 15) is 4.79 Å². The summed E-state index contributed by atoms with van der Waals surface area (Å²) in [5, 5.41) is 5.12. The normalized spacial score (nSPS) is 13.6. The first-order chi connectivity index (χ1) is 9.81. The zero-order valence-corrected chi connectivity index (χ0v) is 11.9. The Morgan fingerprint density at radius 3 is 2.95 bits per heavy atom. The number of carbonyl (C=O) groups is 1. The minimum absolute atomic E-state index is 0.0123. The van der Waals surface area contributed by atoms with Gasteiger partial charge >= 0.3 is 0 Å². The number of carbonyl (C=O) groups excluding carboxylic acids is 1. The number of nitrogens with one attached hydrogen (secondary N) is 1. The maximum absolute atomic E-state index is 11.7. The number of hydrogen-bond acceptors (Lipinski definition) is 4. The number of fused-ring (bicyclic) bond motifs is 1. The van der Waals surface area contributed by atoms with E-state index in [-0.39, 0.29) is 12.5 Å². The summed E-state index contributed by atoms with van der Waals surface area (Å²) >= 11 is 1.39. The average molecular weight is 288 g/mol. The summed E-state index contributed by atoms with van der Waals surface area (Å²) in [6.07, 6.45) is 6.42. The lowest BCUT2D eigenvalue weighted by Crippen LogP contribution is -2.20. The van der Waals surface area contributed by atoms with Gasteiger partial charge in [0, 0.05) is 11.6 Å². The number of benzene rings is 1. The Hall–Kier alpha value is -1.88. The molecule has 0 atom stereocenters. The SMILES string of the molecule is O=C(COc1ccc2c(c1)CCCC2)Nc1nccs1. The van der Waals surface area contributed by atoms with Gasteiger partial charge in [-0.15, -0.1) is 11.3 Å². The molecule has 0 fully saturated rings. The Balaban J connectivity index is 1.56. The van der Waals surface area contributed by atoms with Crippen molar-refractivity contribution in [1.82, 2.24) is 4.98 Å². The highest BCUT2D eigenvalue weighted by atomic mass is 32.1. The van der Waals surface area contributed by atoms with E-state index in [1.54, 1.807) is 6.20 Å². The molecular formula is C15H16N2O2S. The third kappa shape index (κ3) is 3.17. The number of nitrogens with zero attached hydrogens (tertiary/aromatic N) is 1. The third-order valence-corrected chi connectivity index (χ3v) is 4.06. The molecule has 1 aromatic carbocycles. The van der Waals surface area contributed by atoms with E-state index in [1.165, 1.54) is 35.3 Å². The average Bonchev–Trinajstić information content (AvgIpc) is 2.98. The highest BCUT2D eigenvalue weighted by Crippen LogP contribution is 2.25. The van der Waals surface area contributed by atoms with Crippen LogP contribution in [0.15, 0.2) is 29.8 Å². The lowest BCUT2D eigenvalue weighted by Gasteiger charge is -2.16. The van der Waals surface area contributed by atoms with Crippen molar-refractivity contribution in [1.29, 1.82) is 0 Å². The van der Waals surface area contributed by atoms with Gasteiger partial charge < -0.3 is 4.74 Å². The Morgan fingerprint density at radius 2 is 2.15 bits per heavy atom. The van der Waals surface area contributed by atoms with Crippen LogP contribution in [0.2, 0.25) is 0 Å². The first kappa shape index (κ1) is 13.1. The zero-order valence-electron chi connectivity index (χ0n) is 11.1. The molecule has 1 aliphatic rings. The number of ether oxygens (including phenoxy) is 1. The van der Waals surface area contributed by atoms with Crippen molar-refractivity contribution in [3.63, 3.8) is 0 Å². The van der Waals surface area contributed by atoms with E-state index in [0.717, 1.165) is 18.6 Å². The molecule has 0 saturated heterocycles. The second-order valence-electron chi connectivity index (χ2n) is 4.81. The summed E-state index contributed by atoms with van der Waals surface area (Å²) in [6, 6.07) is 6.12. The second-order valence-corrected chi connectivity index (χ2v) is 5.71. The molecule has 0 spiro atoms. The fourth-order valence-electron chi connectivity index (χ4n) is 2.39. The molecule has 5 heteroatoms. The van der Waals surface area contributed by atoms with Gasteiger partial charge in [0.15, 0.2) is 11.7 Å². The van der Waals surface area contributed by atoms with Gasteiger partial charge in [-0.1, -0.05) is 6.07 Å². The Bertz CT molecular complexity index is 596. The van der Waals surface area contributed by atoms with Crippen molar-refractivity contribution in [3.05, 3.63) is 40.9 Å². The van der Waals surface area contributed by atoms with E-state index >= 15 is 0 Å². The predicted molar refractivity (Wildman–Crippen MR) is 79.3 cm³/mol. The molecule has 1 N–H and O–H groups in total. The first-order valence-electron chi connectivity index (χ1n) is 6.75. The van der Waals surface area contributed by atoms with Crippen molar-refractivity contribution in [2.75, 3.05) is 11.9 Å². The Labute approximate surface area is 121 Å². The molecule has 104 valence electrons. The first-order valence-corrected chi connectivity index (χ1v) is 7.63. The van der Waals surface area contributed by atoms with Gasteiger partial charge in [-0.2, -0.15) is 0 Å². The summed E-state index contributed by atoms with van der Waals surface area (Å²) in [5.41, 5.74) is 2.77. The molecule has 1 aromatic heterocycles. The number of aryl methyl sites for hydroxylation is 2. The molecule has 3 rings (SSSR count). The third-order valence-electron chi connectivity index (χ3n) is 3.37. The van der Waals surface area contributed by atoms with Crippen LogP contribution in [0.5, 0.6) is 5.75 Å². The van der Waals surface area contributed by atoms with Gasteiger partial charge in [0.05, 0.1) is 0 Å². The molecule has 0 aliphatic heterocycles. The summed E-state index contributed by atoms with van der Waals surface area (Å²) < 4.78 is 5.55. The highest BCUT2D eigenvalue weighted by molar-refractivity contribution is 7.13. The molecule has 0 bridgehead atoms. The van der Waals surface area contributed by atoms with Crippen LogP contribution >= 0.6 is 11.3 Å². The van der Waals surface area contributed by atoms with Crippen molar-refractivity contribution >= 4 is 22.4 Å². The quantitative estimate of drug-likeness (QED) is 0.940. The highest BCUT2D eigenvalue weighted by Gasteiger charge is 2.11. The number of rotatable bonds is 4. The molecule has 1 aliphatic carbocycles. The lowest BCUT2D eigenvalue weighted by molar-refractivity contribution is -0.118. The van der Waals surface area contributed by atoms with Gasteiger partial charge in [0.2, 0.25) is 0 Å². The fraction of sp³-hybridized carbons (Fsp3) is 0.333. The van der Waals surface area contributed by atoms with Crippen LogP contribution in [0.1, 0.15) is 24.0 Å². The van der Waals surface area contributed by atoms with Gasteiger partial charge in [-0.25, -0.2) is 4.98 Å². The van der Waals surface area contributed by atoms with E-state index in [1.807, 2.05) is 11.4 Å². The van der Waals surface area contributed by atoms with Gasteiger partial charge in [0.25, 0.3) is 5.91 Å². The Morgan fingerprint density at radius 1 is 1.30 bits per heavy atom. The number of aromatic nitrogens is 1. The molecule has 0 radical (unpaired) electrons. The lowest BCUT2D eigenvalue weighted by atomic mass is 9.92. The van der Waals surface area contributed by atoms with Crippen LogP contribution in [-0.4, -0.2) is 17.5 Å². The minimum Gasteiger partial charge on any atom is -0.484 e. The fourth-order valence-corrected chi connectivity index (χ4v) is 2.93. The standard InChI is InChI=1S/C15H16N2O2S/c18-14(17-15-16-7-8-20-15)10-19-13-6-5-11-3-1-2-4-12(11)9-13/h5-9H,1-4,10H2,(H,16,17,18). The van der Waals surface area contributed by atoms with Crippen LogP contribution in [-0.2, 0) is 17.6 Å². The second kappa shape index (κ2) is 6.05. The molecule has 0 unspecified atom stereocenters. The number of amides is 1. The van der Waals surface area contributed by atoms with Crippen LogP contribution in [0.4, 0.5) is 5.13 Å². The monoisotopic (exact) mass is 288 g/mol. The maximum atomic E-state index is 11.7. The van der Waals surface area contributed by atoms with Crippen LogP contribution < -0.4 is 10.1 Å². The van der Waals surface area contributed by atoms with E-state index in [0.29, 0.717) is 5.13 Å². The van der Waals surface area contributed by atoms with Crippen molar-refractivity contribution in [3.8, 4) is 5.75 Å².